The molecule has 0 aromatic carbocycles. The van der Waals surface area contributed by atoms with Gasteiger partial charge in [-0.05, 0) is 24.8 Å². The van der Waals surface area contributed by atoms with Crippen molar-refractivity contribution in [2.75, 3.05) is 13.9 Å². The van der Waals surface area contributed by atoms with E-state index >= 15 is 0 Å². The molecule has 1 fully saturated rings. The molecule has 2 heteroatoms. The summed E-state index contributed by atoms with van der Waals surface area (Å²) in [6.07, 6.45) is 5.01. The average Bonchev–Trinajstić information content (AvgIpc) is 2.03. The van der Waals surface area contributed by atoms with E-state index < -0.39 is 0 Å². The first-order chi connectivity index (χ1) is 5.34. The zero-order chi connectivity index (χ0) is 8.10. The van der Waals surface area contributed by atoms with E-state index in [9.17, 15) is 0 Å². The molecule has 1 rings (SSSR count). The number of ether oxygens (including phenoxy) is 2. The molecular weight excluding hydrogens is 140 g/mol. The highest BCUT2D eigenvalue weighted by Gasteiger charge is 2.16. The monoisotopic (exact) mass is 156 g/mol. The van der Waals surface area contributed by atoms with Crippen LogP contribution in [0.25, 0.3) is 0 Å². The van der Waals surface area contributed by atoms with Gasteiger partial charge in [-0.3, -0.25) is 0 Å². The minimum Gasteiger partial charge on any atom is -0.359 e. The number of hydrogen-bond acceptors (Lipinski definition) is 2. The smallest absolute Gasteiger partial charge is 0.147 e. The summed E-state index contributed by atoms with van der Waals surface area (Å²) in [7, 11) is 1.64. The SMILES string of the molecule is C=C1CCCCC1OCOC. The van der Waals surface area contributed by atoms with Crippen LogP contribution in [0.3, 0.4) is 0 Å². The number of hydrogen-bond donors (Lipinski definition) is 0. The highest BCUT2D eigenvalue weighted by Crippen LogP contribution is 2.24. The lowest BCUT2D eigenvalue weighted by Crippen LogP contribution is -2.20. The fourth-order valence-electron chi connectivity index (χ4n) is 1.40. The molecule has 2 nitrogen and oxygen atoms in total. The third kappa shape index (κ3) is 2.64. The fourth-order valence-corrected chi connectivity index (χ4v) is 1.40. The summed E-state index contributed by atoms with van der Waals surface area (Å²) in [4.78, 5) is 0. The summed E-state index contributed by atoms with van der Waals surface area (Å²) in [5.41, 5.74) is 1.23. The Balaban J connectivity index is 2.24. The topological polar surface area (TPSA) is 18.5 Å². The summed E-state index contributed by atoms with van der Waals surface area (Å²) in [5.74, 6) is 0. The maximum atomic E-state index is 5.42. The standard InChI is InChI=1S/C9H16O2/c1-8-5-3-4-6-9(8)11-7-10-2/h9H,1,3-7H2,2H3. The third-order valence-electron chi connectivity index (χ3n) is 2.06. The predicted octanol–water partition coefficient (Wildman–Crippen LogP) is 2.11. The second kappa shape index (κ2) is 4.52. The molecule has 0 aliphatic heterocycles. The summed E-state index contributed by atoms with van der Waals surface area (Å²) in [5, 5.41) is 0. The molecule has 1 atom stereocenters. The van der Waals surface area contributed by atoms with Crippen LogP contribution in [-0.4, -0.2) is 20.0 Å². The van der Waals surface area contributed by atoms with Crippen molar-refractivity contribution in [2.24, 2.45) is 0 Å². The molecule has 1 aliphatic rings. The van der Waals surface area contributed by atoms with Crippen LogP contribution < -0.4 is 0 Å². The van der Waals surface area contributed by atoms with Gasteiger partial charge in [0.05, 0.1) is 6.10 Å². The normalized spacial score (nSPS) is 25.5. The summed E-state index contributed by atoms with van der Waals surface area (Å²) < 4.78 is 10.3. The molecular formula is C9H16O2. The Kier molecular flexibility index (Phi) is 3.60. The zero-order valence-corrected chi connectivity index (χ0v) is 7.14. The largest absolute Gasteiger partial charge is 0.359 e. The molecule has 0 radical (unpaired) electrons. The van der Waals surface area contributed by atoms with Crippen LogP contribution in [0, 0.1) is 0 Å². The van der Waals surface area contributed by atoms with Crippen molar-refractivity contribution in [1.29, 1.82) is 0 Å². The minimum absolute atomic E-state index is 0.253. The number of methoxy groups -OCH3 is 1. The first-order valence-corrected chi connectivity index (χ1v) is 4.13. The molecule has 11 heavy (non-hydrogen) atoms. The Morgan fingerprint density at radius 1 is 1.55 bits per heavy atom. The highest BCUT2D eigenvalue weighted by molar-refractivity contribution is 5.04. The first-order valence-electron chi connectivity index (χ1n) is 4.13. The van der Waals surface area contributed by atoms with E-state index in [1.807, 2.05) is 0 Å². The molecule has 0 saturated heterocycles. The minimum atomic E-state index is 0.253. The molecule has 0 aromatic heterocycles. The Bertz CT molecular complexity index is 132. The molecule has 0 heterocycles. The van der Waals surface area contributed by atoms with Crippen LogP contribution >= 0.6 is 0 Å². The van der Waals surface area contributed by atoms with Gasteiger partial charge in [-0.25, -0.2) is 0 Å². The van der Waals surface area contributed by atoms with Crippen LogP contribution in [0.1, 0.15) is 25.7 Å². The van der Waals surface area contributed by atoms with Gasteiger partial charge in [0.25, 0.3) is 0 Å². The Labute approximate surface area is 68.2 Å². The maximum absolute atomic E-state index is 5.42. The first kappa shape index (κ1) is 8.75. The molecule has 0 spiro atoms. The van der Waals surface area contributed by atoms with Crippen LogP contribution in [0.5, 0.6) is 0 Å². The van der Waals surface area contributed by atoms with E-state index in [4.69, 9.17) is 9.47 Å². The zero-order valence-electron chi connectivity index (χ0n) is 7.14. The lowest BCUT2D eigenvalue weighted by Gasteiger charge is -2.24. The molecule has 0 bridgehead atoms. The van der Waals surface area contributed by atoms with Crippen molar-refractivity contribution in [3.63, 3.8) is 0 Å². The van der Waals surface area contributed by atoms with Gasteiger partial charge in [-0.15, -0.1) is 0 Å². The van der Waals surface area contributed by atoms with Gasteiger partial charge >= 0.3 is 0 Å². The average molecular weight is 156 g/mol. The van der Waals surface area contributed by atoms with Gasteiger partial charge in [-0.2, -0.15) is 0 Å². The molecule has 1 unspecified atom stereocenters. The van der Waals surface area contributed by atoms with Crippen LogP contribution in [-0.2, 0) is 9.47 Å². The Morgan fingerprint density at radius 2 is 2.36 bits per heavy atom. The van der Waals surface area contributed by atoms with Crippen molar-refractivity contribution < 1.29 is 9.47 Å². The van der Waals surface area contributed by atoms with Crippen LogP contribution in [0.2, 0.25) is 0 Å². The van der Waals surface area contributed by atoms with Gasteiger partial charge in [0.15, 0.2) is 0 Å². The van der Waals surface area contributed by atoms with E-state index in [1.165, 1.54) is 18.4 Å². The molecule has 0 amide bonds. The summed E-state index contributed by atoms with van der Waals surface area (Å²) in [6, 6.07) is 0. The maximum Gasteiger partial charge on any atom is 0.147 e. The van der Waals surface area contributed by atoms with E-state index in [1.54, 1.807) is 7.11 Å². The van der Waals surface area contributed by atoms with Crippen LogP contribution in [0.15, 0.2) is 12.2 Å². The van der Waals surface area contributed by atoms with E-state index in [2.05, 4.69) is 6.58 Å². The summed E-state index contributed by atoms with van der Waals surface area (Å²) in [6.45, 7) is 4.36. The highest BCUT2D eigenvalue weighted by atomic mass is 16.7. The van der Waals surface area contributed by atoms with Crippen molar-refractivity contribution in [3.05, 3.63) is 12.2 Å². The van der Waals surface area contributed by atoms with Gasteiger partial charge < -0.3 is 9.47 Å². The van der Waals surface area contributed by atoms with Crippen molar-refractivity contribution in [3.8, 4) is 0 Å². The quantitative estimate of drug-likeness (QED) is 0.460. The third-order valence-corrected chi connectivity index (χ3v) is 2.06. The fraction of sp³-hybridized carbons (Fsp3) is 0.778. The van der Waals surface area contributed by atoms with Crippen LogP contribution in [0.4, 0.5) is 0 Å². The second-order valence-electron chi connectivity index (χ2n) is 2.97. The van der Waals surface area contributed by atoms with Gasteiger partial charge in [-0.1, -0.05) is 13.0 Å². The lowest BCUT2D eigenvalue weighted by atomic mass is 9.93. The van der Waals surface area contributed by atoms with Gasteiger partial charge in [0.1, 0.15) is 6.79 Å². The molecule has 1 saturated carbocycles. The Morgan fingerprint density at radius 3 is 3.00 bits per heavy atom. The van der Waals surface area contributed by atoms with Crippen molar-refractivity contribution in [1.82, 2.24) is 0 Å². The predicted molar refractivity (Wildman–Crippen MR) is 44.4 cm³/mol. The van der Waals surface area contributed by atoms with E-state index in [-0.39, 0.29) is 6.10 Å². The summed E-state index contributed by atoms with van der Waals surface area (Å²) >= 11 is 0. The van der Waals surface area contributed by atoms with Gasteiger partial charge in [0, 0.05) is 7.11 Å². The molecule has 64 valence electrons. The second-order valence-corrected chi connectivity index (χ2v) is 2.97. The van der Waals surface area contributed by atoms with Gasteiger partial charge in [0.2, 0.25) is 0 Å². The Hall–Kier alpha value is -0.340. The lowest BCUT2D eigenvalue weighted by molar-refractivity contribution is -0.0653. The van der Waals surface area contributed by atoms with Crippen molar-refractivity contribution in [2.45, 2.75) is 31.8 Å². The van der Waals surface area contributed by atoms with E-state index in [0.717, 1.165) is 12.8 Å². The molecule has 0 N–H and O–H groups in total. The molecule has 0 aromatic rings. The molecule has 1 aliphatic carbocycles. The number of rotatable bonds is 3. The van der Waals surface area contributed by atoms with Crippen molar-refractivity contribution >= 4 is 0 Å². The van der Waals surface area contributed by atoms with E-state index in [0.29, 0.717) is 6.79 Å².